The van der Waals surface area contributed by atoms with Gasteiger partial charge in [-0.2, -0.15) is 11.8 Å². The van der Waals surface area contributed by atoms with Gasteiger partial charge in [0.05, 0.1) is 0 Å². The molecule has 1 saturated heterocycles. The molecule has 1 unspecified atom stereocenters. The number of nitrogens with zero attached hydrogens (tertiary/aromatic N) is 1. The average molecular weight is 456 g/mol. The van der Waals surface area contributed by atoms with Gasteiger partial charge in [0.15, 0.2) is 0 Å². The summed E-state index contributed by atoms with van der Waals surface area (Å²) < 4.78 is 6.24. The minimum absolute atomic E-state index is 0.316. The van der Waals surface area contributed by atoms with Crippen LogP contribution in [-0.4, -0.2) is 22.6 Å². The Labute approximate surface area is 202 Å². The van der Waals surface area contributed by atoms with E-state index in [2.05, 4.69) is 62.4 Å². The summed E-state index contributed by atoms with van der Waals surface area (Å²) in [5.74, 6) is 5.03. The van der Waals surface area contributed by atoms with Crippen LogP contribution in [0.25, 0.3) is 11.1 Å². The van der Waals surface area contributed by atoms with Gasteiger partial charge in [-0.05, 0) is 109 Å². The van der Waals surface area contributed by atoms with Crippen molar-refractivity contribution < 1.29 is 4.74 Å². The van der Waals surface area contributed by atoms with Gasteiger partial charge in [0.1, 0.15) is 6.10 Å². The van der Waals surface area contributed by atoms with E-state index in [1.807, 2.05) is 11.8 Å². The summed E-state index contributed by atoms with van der Waals surface area (Å²) in [6, 6.07) is 18.4. The summed E-state index contributed by atoms with van der Waals surface area (Å²) in [6.45, 7) is 4.31. The molecule has 6 rings (SSSR count). The van der Waals surface area contributed by atoms with Crippen molar-refractivity contribution >= 4 is 11.8 Å². The molecule has 3 aromatic rings. The Morgan fingerprint density at radius 3 is 2.61 bits per heavy atom. The lowest BCUT2D eigenvalue weighted by atomic mass is 9.95. The number of rotatable bonds is 6. The van der Waals surface area contributed by atoms with E-state index in [0.29, 0.717) is 6.10 Å². The first-order chi connectivity index (χ1) is 16.1. The van der Waals surface area contributed by atoms with E-state index < -0.39 is 0 Å². The summed E-state index contributed by atoms with van der Waals surface area (Å²) in [6.07, 6.45) is 7.49. The second-order valence-corrected chi connectivity index (χ2v) is 11.4. The lowest BCUT2D eigenvalue weighted by Gasteiger charge is -2.23. The quantitative estimate of drug-likeness (QED) is 0.396. The zero-order valence-corrected chi connectivity index (χ0v) is 20.6. The van der Waals surface area contributed by atoms with Crippen molar-refractivity contribution in [2.45, 2.75) is 64.4 Å². The van der Waals surface area contributed by atoms with Crippen molar-refractivity contribution in [3.05, 3.63) is 82.0 Å². The molecule has 2 heterocycles. The molecule has 2 aromatic carbocycles. The summed E-state index contributed by atoms with van der Waals surface area (Å²) in [5, 5.41) is 0. The van der Waals surface area contributed by atoms with Crippen molar-refractivity contribution in [2.24, 2.45) is 5.92 Å². The lowest BCUT2D eigenvalue weighted by Crippen LogP contribution is -2.22. The SMILES string of the molecule is Cc1cc(OC2CCSCC2)nc(C)c1-c1cccc(CCc2ccc3c(c2)CC2C[C@@H]32)c1. The summed E-state index contributed by atoms with van der Waals surface area (Å²) in [4.78, 5) is 4.84. The fraction of sp³-hybridized carbons (Fsp3) is 0.433. The minimum atomic E-state index is 0.316. The highest BCUT2D eigenvalue weighted by atomic mass is 32.2. The van der Waals surface area contributed by atoms with E-state index >= 15 is 0 Å². The third kappa shape index (κ3) is 4.45. The zero-order chi connectivity index (χ0) is 22.4. The number of ether oxygens (including phenoxy) is 1. The van der Waals surface area contributed by atoms with Crippen molar-refractivity contribution in [1.29, 1.82) is 0 Å². The van der Waals surface area contributed by atoms with Gasteiger partial charge in [0.25, 0.3) is 0 Å². The topological polar surface area (TPSA) is 22.1 Å². The maximum Gasteiger partial charge on any atom is 0.214 e. The smallest absolute Gasteiger partial charge is 0.214 e. The molecule has 1 saturated carbocycles. The first-order valence-corrected chi connectivity index (χ1v) is 13.7. The molecule has 0 spiro atoms. The number of aryl methyl sites for hydroxylation is 4. The highest BCUT2D eigenvalue weighted by Gasteiger charge is 2.44. The number of thioether (sulfide) groups is 1. The molecule has 0 bridgehead atoms. The van der Waals surface area contributed by atoms with Gasteiger partial charge in [-0.1, -0.05) is 42.5 Å². The summed E-state index contributed by atoms with van der Waals surface area (Å²) in [7, 11) is 0. The number of aromatic nitrogens is 1. The van der Waals surface area contributed by atoms with Crippen LogP contribution in [0.4, 0.5) is 0 Å². The highest BCUT2D eigenvalue weighted by Crippen LogP contribution is 2.56. The average Bonchev–Trinajstić information content (AvgIpc) is 3.49. The minimum Gasteiger partial charge on any atom is -0.474 e. The maximum absolute atomic E-state index is 6.24. The van der Waals surface area contributed by atoms with Crippen LogP contribution in [0.15, 0.2) is 48.5 Å². The Balaban J connectivity index is 1.17. The Morgan fingerprint density at radius 2 is 1.79 bits per heavy atom. The lowest BCUT2D eigenvalue weighted by molar-refractivity contribution is 0.184. The normalized spacial score (nSPS) is 21.5. The number of benzene rings is 2. The Bertz CT molecular complexity index is 1160. The number of hydrogen-bond donors (Lipinski definition) is 0. The molecule has 170 valence electrons. The van der Waals surface area contributed by atoms with E-state index in [9.17, 15) is 0 Å². The fourth-order valence-corrected chi connectivity index (χ4v) is 6.98. The molecule has 2 fully saturated rings. The first-order valence-electron chi connectivity index (χ1n) is 12.6. The summed E-state index contributed by atoms with van der Waals surface area (Å²) in [5.41, 5.74) is 11.0. The number of hydrogen-bond acceptors (Lipinski definition) is 3. The summed E-state index contributed by atoms with van der Waals surface area (Å²) >= 11 is 2.03. The van der Waals surface area contributed by atoms with Crippen molar-refractivity contribution in [2.75, 3.05) is 11.5 Å². The Kier molecular flexibility index (Phi) is 5.70. The van der Waals surface area contributed by atoms with E-state index in [1.54, 1.807) is 11.1 Å². The van der Waals surface area contributed by atoms with Crippen molar-refractivity contribution in [3.63, 3.8) is 0 Å². The second-order valence-electron chi connectivity index (χ2n) is 10.2. The van der Waals surface area contributed by atoms with E-state index in [1.165, 1.54) is 52.2 Å². The van der Waals surface area contributed by atoms with Gasteiger partial charge >= 0.3 is 0 Å². The van der Waals surface area contributed by atoms with Crippen LogP contribution in [0.3, 0.4) is 0 Å². The van der Waals surface area contributed by atoms with Gasteiger partial charge in [-0.3, -0.25) is 0 Å². The standard InChI is InChI=1S/C30H33NOS/c1-19-14-29(32-26-10-12-33-13-11-26)31-20(2)30(19)23-5-3-4-21(15-23)6-7-22-8-9-27-24(16-22)17-25-18-28(25)27/h3-5,8-9,14-16,25-26,28H,6-7,10-13,17-18H2,1-2H3/t25?,28-/m1/s1. The van der Waals surface area contributed by atoms with Crippen LogP contribution < -0.4 is 4.74 Å². The van der Waals surface area contributed by atoms with E-state index in [-0.39, 0.29) is 0 Å². The number of fused-ring (bicyclic) bond motifs is 3. The van der Waals surface area contributed by atoms with Crippen molar-refractivity contribution in [3.8, 4) is 17.0 Å². The van der Waals surface area contributed by atoms with Crippen LogP contribution in [-0.2, 0) is 19.3 Å². The molecule has 1 aromatic heterocycles. The molecular formula is C30H33NOS. The van der Waals surface area contributed by atoms with E-state index in [0.717, 1.165) is 49.1 Å². The molecule has 3 aliphatic rings. The third-order valence-electron chi connectivity index (χ3n) is 7.76. The first kappa shape index (κ1) is 21.3. The predicted octanol–water partition coefficient (Wildman–Crippen LogP) is 7.08. The van der Waals surface area contributed by atoms with Gasteiger partial charge in [0.2, 0.25) is 5.88 Å². The zero-order valence-electron chi connectivity index (χ0n) is 19.8. The van der Waals surface area contributed by atoms with Gasteiger partial charge < -0.3 is 4.74 Å². The van der Waals surface area contributed by atoms with Crippen LogP contribution in [0.2, 0.25) is 0 Å². The van der Waals surface area contributed by atoms with Crippen LogP contribution in [0, 0.1) is 19.8 Å². The van der Waals surface area contributed by atoms with Crippen molar-refractivity contribution in [1.82, 2.24) is 4.98 Å². The Hall–Kier alpha value is -2.26. The molecule has 0 radical (unpaired) electrons. The van der Waals surface area contributed by atoms with Crippen LogP contribution in [0.1, 0.15) is 58.7 Å². The largest absolute Gasteiger partial charge is 0.474 e. The van der Waals surface area contributed by atoms with Gasteiger partial charge in [-0.15, -0.1) is 0 Å². The number of pyridine rings is 1. The predicted molar refractivity (Wildman–Crippen MR) is 139 cm³/mol. The molecule has 2 aliphatic carbocycles. The molecule has 3 heteroatoms. The molecule has 1 aliphatic heterocycles. The molecule has 0 N–H and O–H groups in total. The fourth-order valence-electron chi connectivity index (χ4n) is 5.92. The maximum atomic E-state index is 6.24. The van der Waals surface area contributed by atoms with Gasteiger partial charge in [0, 0.05) is 17.3 Å². The second kappa shape index (κ2) is 8.83. The monoisotopic (exact) mass is 455 g/mol. The molecule has 0 amide bonds. The van der Waals surface area contributed by atoms with Crippen LogP contribution >= 0.6 is 11.8 Å². The highest BCUT2D eigenvalue weighted by molar-refractivity contribution is 7.99. The molecule has 2 atom stereocenters. The van der Waals surface area contributed by atoms with Gasteiger partial charge in [-0.25, -0.2) is 4.98 Å². The van der Waals surface area contributed by atoms with E-state index in [4.69, 9.17) is 9.72 Å². The molecule has 2 nitrogen and oxygen atoms in total. The molecule has 33 heavy (non-hydrogen) atoms. The third-order valence-corrected chi connectivity index (χ3v) is 8.81. The van der Waals surface area contributed by atoms with Crippen LogP contribution in [0.5, 0.6) is 5.88 Å². The molecular weight excluding hydrogens is 422 g/mol. The Morgan fingerprint density at radius 1 is 0.970 bits per heavy atom.